The minimum Gasteiger partial charge on any atom is -0.236 e. The molecule has 0 aromatic carbocycles. The maximum absolute atomic E-state index is 12.1. The van der Waals surface area contributed by atoms with Crippen LogP contribution in [0.15, 0.2) is 16.7 Å². The zero-order chi connectivity index (χ0) is 11.9. The molecule has 0 saturated heterocycles. The van der Waals surface area contributed by atoms with E-state index in [0.29, 0.717) is 6.07 Å². The molecule has 8 heteroatoms. The van der Waals surface area contributed by atoms with Crippen molar-refractivity contribution in [3.63, 3.8) is 0 Å². The van der Waals surface area contributed by atoms with Crippen molar-refractivity contribution in [3.05, 3.63) is 28.0 Å². The van der Waals surface area contributed by atoms with Gasteiger partial charge in [-0.1, -0.05) is 0 Å². The summed E-state index contributed by atoms with van der Waals surface area (Å²) in [5.74, 6) is 0. The van der Waals surface area contributed by atoms with Gasteiger partial charge in [-0.3, -0.25) is 0 Å². The summed E-state index contributed by atoms with van der Waals surface area (Å²) in [6.07, 6.45) is -9.73. The Kier molecular flexibility index (Phi) is 2.99. The second kappa shape index (κ2) is 3.66. The molecular formula is C7H2BrF6N. The minimum absolute atomic E-state index is 0.0369. The highest BCUT2D eigenvalue weighted by Gasteiger charge is 2.37. The standard InChI is InChI=1S/C7H2BrF6N/c8-5-2-3(6(9,10)11)1-4(15-5)7(12,13)14/h1-2H. The third kappa shape index (κ3) is 3.08. The minimum atomic E-state index is -4.90. The first-order valence-electron chi connectivity index (χ1n) is 3.42. The second-order valence-electron chi connectivity index (χ2n) is 2.56. The van der Waals surface area contributed by atoms with Crippen LogP contribution >= 0.6 is 15.9 Å². The van der Waals surface area contributed by atoms with Crippen LogP contribution in [0.3, 0.4) is 0 Å². The van der Waals surface area contributed by atoms with Crippen molar-refractivity contribution in [1.29, 1.82) is 0 Å². The largest absolute Gasteiger partial charge is 0.433 e. The Labute approximate surface area is 88.2 Å². The Morgan fingerprint density at radius 1 is 0.933 bits per heavy atom. The van der Waals surface area contributed by atoms with Crippen LogP contribution < -0.4 is 0 Å². The highest BCUT2D eigenvalue weighted by Crippen LogP contribution is 2.35. The molecule has 1 heterocycles. The molecule has 1 aromatic heterocycles. The summed E-state index contributed by atoms with van der Waals surface area (Å²) in [4.78, 5) is 2.91. The Hall–Kier alpha value is -0.790. The number of hydrogen-bond donors (Lipinski definition) is 0. The van der Waals surface area contributed by atoms with Gasteiger partial charge in [-0.05, 0) is 28.1 Å². The Balaban J connectivity index is 3.30. The molecule has 0 aliphatic carbocycles. The summed E-state index contributed by atoms with van der Waals surface area (Å²) < 4.78 is 72.1. The molecule has 0 unspecified atom stereocenters. The van der Waals surface area contributed by atoms with E-state index in [9.17, 15) is 26.3 Å². The lowest BCUT2D eigenvalue weighted by molar-refractivity contribution is -0.145. The van der Waals surface area contributed by atoms with Crippen molar-refractivity contribution in [2.75, 3.05) is 0 Å². The number of hydrogen-bond acceptors (Lipinski definition) is 1. The van der Waals surface area contributed by atoms with Crippen LogP contribution in [0.25, 0.3) is 0 Å². The van der Waals surface area contributed by atoms with Crippen molar-refractivity contribution in [1.82, 2.24) is 4.98 Å². The quantitative estimate of drug-likeness (QED) is 0.522. The van der Waals surface area contributed by atoms with Crippen LogP contribution in [0.1, 0.15) is 11.3 Å². The number of aromatic nitrogens is 1. The SMILES string of the molecule is FC(F)(F)c1cc(Br)nc(C(F)(F)F)c1. The van der Waals surface area contributed by atoms with Gasteiger partial charge in [0, 0.05) is 0 Å². The highest BCUT2D eigenvalue weighted by atomic mass is 79.9. The first kappa shape index (κ1) is 12.3. The maximum atomic E-state index is 12.1. The van der Waals surface area contributed by atoms with Crippen LogP contribution in [0.2, 0.25) is 0 Å². The van der Waals surface area contributed by atoms with Gasteiger partial charge >= 0.3 is 12.4 Å². The van der Waals surface area contributed by atoms with Gasteiger partial charge in [-0.2, -0.15) is 26.3 Å². The van der Waals surface area contributed by atoms with Crippen LogP contribution in [0, 0.1) is 0 Å². The van der Waals surface area contributed by atoms with E-state index in [1.165, 1.54) is 0 Å². The molecule has 15 heavy (non-hydrogen) atoms. The van der Waals surface area contributed by atoms with Crippen molar-refractivity contribution >= 4 is 15.9 Å². The van der Waals surface area contributed by atoms with Crippen molar-refractivity contribution < 1.29 is 26.3 Å². The molecule has 0 bridgehead atoms. The fourth-order valence-corrected chi connectivity index (χ4v) is 1.24. The molecule has 0 aliphatic rings. The summed E-state index contributed by atoms with van der Waals surface area (Å²) in [7, 11) is 0. The van der Waals surface area contributed by atoms with Crippen LogP contribution in [0.5, 0.6) is 0 Å². The van der Waals surface area contributed by atoms with Gasteiger partial charge in [-0.25, -0.2) is 4.98 Å². The van der Waals surface area contributed by atoms with E-state index >= 15 is 0 Å². The average molecular weight is 294 g/mol. The topological polar surface area (TPSA) is 12.9 Å². The average Bonchev–Trinajstić information content (AvgIpc) is 1.99. The number of alkyl halides is 6. The zero-order valence-corrected chi connectivity index (χ0v) is 8.33. The van der Waals surface area contributed by atoms with E-state index in [0.717, 1.165) is 0 Å². The predicted molar refractivity (Wildman–Crippen MR) is 41.9 cm³/mol. The summed E-state index contributed by atoms with van der Waals surface area (Å²) in [6.45, 7) is 0. The van der Waals surface area contributed by atoms with Crippen molar-refractivity contribution in [2.24, 2.45) is 0 Å². The van der Waals surface area contributed by atoms with Crippen LogP contribution in [0.4, 0.5) is 26.3 Å². The molecule has 0 radical (unpaired) electrons. The molecule has 0 N–H and O–H groups in total. The van der Waals surface area contributed by atoms with E-state index in [-0.39, 0.29) is 6.07 Å². The Bertz CT molecular complexity index is 336. The molecule has 0 atom stereocenters. The molecule has 0 amide bonds. The van der Waals surface area contributed by atoms with Crippen molar-refractivity contribution in [3.8, 4) is 0 Å². The van der Waals surface area contributed by atoms with Gasteiger partial charge in [0.2, 0.25) is 0 Å². The highest BCUT2D eigenvalue weighted by molar-refractivity contribution is 9.10. The number of halogens is 7. The second-order valence-corrected chi connectivity index (χ2v) is 3.37. The fraction of sp³-hybridized carbons (Fsp3) is 0.286. The molecule has 0 spiro atoms. The first-order chi connectivity index (χ1) is 6.60. The lowest BCUT2D eigenvalue weighted by Crippen LogP contribution is -2.12. The van der Waals surface area contributed by atoms with Gasteiger partial charge in [-0.15, -0.1) is 0 Å². The van der Waals surface area contributed by atoms with E-state index in [1.54, 1.807) is 0 Å². The third-order valence-electron chi connectivity index (χ3n) is 1.41. The van der Waals surface area contributed by atoms with E-state index in [2.05, 4.69) is 20.9 Å². The lowest BCUT2D eigenvalue weighted by Gasteiger charge is -2.10. The fourth-order valence-electron chi connectivity index (χ4n) is 0.806. The van der Waals surface area contributed by atoms with Gasteiger partial charge in [0.1, 0.15) is 10.3 Å². The van der Waals surface area contributed by atoms with Crippen LogP contribution in [-0.2, 0) is 12.4 Å². The smallest absolute Gasteiger partial charge is 0.236 e. The molecule has 0 aliphatic heterocycles. The Morgan fingerprint density at radius 3 is 1.87 bits per heavy atom. The van der Waals surface area contributed by atoms with E-state index < -0.39 is 28.2 Å². The molecule has 0 fully saturated rings. The van der Waals surface area contributed by atoms with Gasteiger partial charge in [0.15, 0.2) is 0 Å². The summed E-state index contributed by atoms with van der Waals surface area (Å²) >= 11 is 2.49. The molecule has 1 aromatic rings. The first-order valence-corrected chi connectivity index (χ1v) is 4.22. The molecule has 1 rings (SSSR count). The summed E-state index contributed by atoms with van der Waals surface area (Å²) in [6, 6.07) is 0.444. The lowest BCUT2D eigenvalue weighted by atomic mass is 10.2. The molecule has 1 nitrogen and oxygen atoms in total. The summed E-state index contributed by atoms with van der Waals surface area (Å²) in [5.41, 5.74) is -2.97. The normalized spacial score (nSPS) is 13.0. The van der Waals surface area contributed by atoms with Gasteiger partial charge in [0.05, 0.1) is 5.56 Å². The molecule has 0 saturated carbocycles. The van der Waals surface area contributed by atoms with Crippen molar-refractivity contribution in [2.45, 2.75) is 12.4 Å². The van der Waals surface area contributed by atoms with Crippen LogP contribution in [-0.4, -0.2) is 4.98 Å². The number of nitrogens with zero attached hydrogens (tertiary/aromatic N) is 1. The number of pyridine rings is 1. The molecular weight excluding hydrogens is 292 g/mol. The third-order valence-corrected chi connectivity index (χ3v) is 1.82. The summed E-state index contributed by atoms with van der Waals surface area (Å²) in [5, 5.41) is 0. The zero-order valence-electron chi connectivity index (χ0n) is 6.75. The predicted octanol–water partition coefficient (Wildman–Crippen LogP) is 3.88. The number of rotatable bonds is 0. The van der Waals surface area contributed by atoms with E-state index in [1.807, 2.05) is 0 Å². The molecule has 84 valence electrons. The van der Waals surface area contributed by atoms with Gasteiger partial charge < -0.3 is 0 Å². The van der Waals surface area contributed by atoms with Gasteiger partial charge in [0.25, 0.3) is 0 Å². The van der Waals surface area contributed by atoms with E-state index in [4.69, 9.17) is 0 Å². The monoisotopic (exact) mass is 293 g/mol. The maximum Gasteiger partial charge on any atom is 0.433 e. The Morgan fingerprint density at radius 2 is 1.47 bits per heavy atom.